The Morgan fingerprint density at radius 2 is 1.85 bits per heavy atom. The zero-order chi connectivity index (χ0) is 14.5. The zero-order valence-corrected chi connectivity index (χ0v) is 12.9. The Hall–Kier alpha value is -1.38. The van der Waals surface area contributed by atoms with Crippen LogP contribution < -0.4 is 9.47 Å². The van der Waals surface area contributed by atoms with Gasteiger partial charge < -0.3 is 9.47 Å². The molecule has 0 aliphatic carbocycles. The zero-order valence-electron chi connectivity index (χ0n) is 11.4. The number of benzene rings is 2. The van der Waals surface area contributed by atoms with E-state index in [0.717, 1.165) is 16.9 Å². The van der Waals surface area contributed by atoms with Gasteiger partial charge in [0.15, 0.2) is 0 Å². The number of halogens is 2. The third kappa shape index (κ3) is 3.59. The van der Waals surface area contributed by atoms with Crippen LogP contribution in [0.25, 0.3) is 0 Å². The molecule has 2 aromatic carbocycles. The van der Waals surface area contributed by atoms with E-state index >= 15 is 0 Å². The third-order valence-corrected chi connectivity index (χ3v) is 3.79. The van der Waals surface area contributed by atoms with Crippen LogP contribution in [-0.2, 0) is 6.42 Å². The molecule has 0 aliphatic heterocycles. The molecule has 2 rings (SSSR count). The summed E-state index contributed by atoms with van der Waals surface area (Å²) < 4.78 is 10.3. The molecule has 0 aliphatic rings. The number of methoxy groups -OCH3 is 2. The molecule has 0 N–H and O–H groups in total. The van der Waals surface area contributed by atoms with Gasteiger partial charge in [-0.25, -0.2) is 0 Å². The Kier molecular flexibility index (Phi) is 5.16. The topological polar surface area (TPSA) is 18.5 Å². The third-order valence-electron chi connectivity index (χ3n) is 3.09. The van der Waals surface area contributed by atoms with E-state index in [1.165, 1.54) is 0 Å². The first kappa shape index (κ1) is 15.0. The van der Waals surface area contributed by atoms with Gasteiger partial charge in [0.05, 0.1) is 24.6 Å². The minimum atomic E-state index is -0.148. The summed E-state index contributed by atoms with van der Waals surface area (Å²) in [6.07, 6.45) is 0.710. The normalized spacial score (nSPS) is 12.0. The van der Waals surface area contributed by atoms with Gasteiger partial charge in [-0.15, -0.1) is 11.6 Å². The molecule has 0 saturated carbocycles. The lowest BCUT2D eigenvalue weighted by atomic mass is 10.0. The van der Waals surface area contributed by atoms with Gasteiger partial charge in [-0.3, -0.25) is 0 Å². The molecule has 0 radical (unpaired) electrons. The molecule has 0 heterocycles. The van der Waals surface area contributed by atoms with Crippen LogP contribution in [0, 0.1) is 0 Å². The van der Waals surface area contributed by atoms with Gasteiger partial charge in [0.1, 0.15) is 11.5 Å². The highest BCUT2D eigenvalue weighted by atomic mass is 35.5. The van der Waals surface area contributed by atoms with Crippen molar-refractivity contribution in [1.29, 1.82) is 0 Å². The van der Waals surface area contributed by atoms with Gasteiger partial charge in [0, 0.05) is 0 Å². The molecule has 1 unspecified atom stereocenters. The summed E-state index contributed by atoms with van der Waals surface area (Å²) in [5.74, 6) is 1.49. The molecule has 2 nitrogen and oxygen atoms in total. The quantitative estimate of drug-likeness (QED) is 0.733. The van der Waals surface area contributed by atoms with Crippen LogP contribution in [0.5, 0.6) is 11.5 Å². The monoisotopic (exact) mass is 310 g/mol. The molecule has 0 bridgehead atoms. The van der Waals surface area contributed by atoms with E-state index in [1.807, 2.05) is 42.5 Å². The van der Waals surface area contributed by atoms with Crippen LogP contribution >= 0.6 is 23.2 Å². The summed E-state index contributed by atoms with van der Waals surface area (Å²) >= 11 is 12.6. The van der Waals surface area contributed by atoms with E-state index in [4.69, 9.17) is 32.7 Å². The second-order valence-corrected chi connectivity index (χ2v) is 5.35. The van der Waals surface area contributed by atoms with Crippen molar-refractivity contribution in [1.82, 2.24) is 0 Å². The van der Waals surface area contributed by atoms with Crippen molar-refractivity contribution < 1.29 is 9.47 Å². The van der Waals surface area contributed by atoms with Gasteiger partial charge in [-0.2, -0.15) is 0 Å². The largest absolute Gasteiger partial charge is 0.497 e. The first-order chi connectivity index (χ1) is 9.63. The number of hydrogen-bond acceptors (Lipinski definition) is 2. The average molecular weight is 311 g/mol. The second-order valence-electron chi connectivity index (χ2n) is 4.42. The lowest BCUT2D eigenvalue weighted by molar-refractivity contribution is 0.414. The van der Waals surface area contributed by atoms with E-state index in [1.54, 1.807) is 14.2 Å². The van der Waals surface area contributed by atoms with Crippen molar-refractivity contribution in [2.24, 2.45) is 0 Å². The standard InChI is InChI=1S/C16H16Cl2O2/c1-19-13-5-3-4-11(8-13)9-14(17)12-6-7-16(20-2)15(18)10-12/h3-8,10,14H,9H2,1-2H3. The molecule has 20 heavy (non-hydrogen) atoms. The maximum Gasteiger partial charge on any atom is 0.137 e. The fourth-order valence-electron chi connectivity index (χ4n) is 2.00. The van der Waals surface area contributed by atoms with Crippen molar-refractivity contribution in [3.8, 4) is 11.5 Å². The van der Waals surface area contributed by atoms with Crippen LogP contribution in [0.3, 0.4) is 0 Å². The average Bonchev–Trinajstić information content (AvgIpc) is 2.47. The molecule has 2 aromatic rings. The second kappa shape index (κ2) is 6.87. The lowest BCUT2D eigenvalue weighted by Crippen LogP contribution is -1.97. The Morgan fingerprint density at radius 3 is 2.50 bits per heavy atom. The van der Waals surface area contributed by atoms with Crippen molar-refractivity contribution in [2.75, 3.05) is 14.2 Å². The molecular weight excluding hydrogens is 295 g/mol. The molecule has 0 aromatic heterocycles. The van der Waals surface area contributed by atoms with Crippen molar-refractivity contribution >= 4 is 23.2 Å². The highest BCUT2D eigenvalue weighted by molar-refractivity contribution is 6.32. The molecule has 1 atom stereocenters. The van der Waals surface area contributed by atoms with Gasteiger partial charge in [0.2, 0.25) is 0 Å². The molecule has 106 valence electrons. The first-order valence-corrected chi connectivity index (χ1v) is 7.06. The van der Waals surface area contributed by atoms with Gasteiger partial charge in [-0.1, -0.05) is 29.8 Å². The molecule has 0 saturated heterocycles. The SMILES string of the molecule is COc1cccc(CC(Cl)c2ccc(OC)c(Cl)c2)c1. The van der Waals surface area contributed by atoms with E-state index in [0.29, 0.717) is 17.2 Å². The van der Waals surface area contributed by atoms with Gasteiger partial charge in [0.25, 0.3) is 0 Å². The summed E-state index contributed by atoms with van der Waals surface area (Å²) in [6, 6.07) is 13.5. The highest BCUT2D eigenvalue weighted by Crippen LogP contribution is 2.32. The molecule has 4 heteroatoms. The number of ether oxygens (including phenoxy) is 2. The summed E-state index contributed by atoms with van der Waals surface area (Å²) in [4.78, 5) is 0. The van der Waals surface area contributed by atoms with E-state index in [-0.39, 0.29) is 5.38 Å². The summed E-state index contributed by atoms with van der Waals surface area (Å²) in [6.45, 7) is 0. The Balaban J connectivity index is 2.14. The molecule has 0 spiro atoms. The number of rotatable bonds is 5. The van der Waals surface area contributed by atoms with Crippen molar-refractivity contribution in [3.05, 3.63) is 58.6 Å². The van der Waals surface area contributed by atoms with Gasteiger partial charge in [-0.05, 0) is 41.8 Å². The van der Waals surface area contributed by atoms with E-state index < -0.39 is 0 Å². The Labute approximate surface area is 129 Å². The predicted octanol–water partition coefficient (Wildman–Crippen LogP) is 4.88. The summed E-state index contributed by atoms with van der Waals surface area (Å²) in [5.41, 5.74) is 2.09. The number of hydrogen-bond donors (Lipinski definition) is 0. The summed E-state index contributed by atoms with van der Waals surface area (Å²) in [5, 5.41) is 0.423. The minimum Gasteiger partial charge on any atom is -0.497 e. The maximum absolute atomic E-state index is 6.46. The smallest absolute Gasteiger partial charge is 0.137 e. The van der Waals surface area contributed by atoms with Crippen LogP contribution in [0.4, 0.5) is 0 Å². The summed E-state index contributed by atoms with van der Waals surface area (Å²) in [7, 11) is 3.25. The van der Waals surface area contributed by atoms with E-state index in [2.05, 4.69) is 0 Å². The Morgan fingerprint density at radius 1 is 1.05 bits per heavy atom. The minimum absolute atomic E-state index is 0.148. The molecular formula is C16H16Cl2O2. The molecule has 0 fully saturated rings. The van der Waals surface area contributed by atoms with Crippen molar-refractivity contribution in [3.63, 3.8) is 0 Å². The predicted molar refractivity (Wildman–Crippen MR) is 83.3 cm³/mol. The maximum atomic E-state index is 6.46. The Bertz CT molecular complexity index is 584. The first-order valence-electron chi connectivity index (χ1n) is 6.24. The van der Waals surface area contributed by atoms with Gasteiger partial charge >= 0.3 is 0 Å². The lowest BCUT2D eigenvalue weighted by Gasteiger charge is -2.12. The van der Waals surface area contributed by atoms with E-state index in [9.17, 15) is 0 Å². The highest BCUT2D eigenvalue weighted by Gasteiger charge is 2.12. The van der Waals surface area contributed by atoms with Crippen LogP contribution in [0.2, 0.25) is 5.02 Å². The van der Waals surface area contributed by atoms with Crippen LogP contribution in [-0.4, -0.2) is 14.2 Å². The van der Waals surface area contributed by atoms with Crippen molar-refractivity contribution in [2.45, 2.75) is 11.8 Å². The van der Waals surface area contributed by atoms with Crippen LogP contribution in [0.15, 0.2) is 42.5 Å². The fourth-order valence-corrected chi connectivity index (χ4v) is 2.58. The van der Waals surface area contributed by atoms with Crippen LogP contribution in [0.1, 0.15) is 16.5 Å². The number of alkyl halides is 1. The fraction of sp³-hybridized carbons (Fsp3) is 0.250. The molecule has 0 amide bonds.